The molecule has 2 N–H and O–H groups in total. The number of rotatable bonds is 6. The lowest BCUT2D eigenvalue weighted by Crippen LogP contribution is -2.40. The molecular weight excluding hydrogens is 368 g/mol. The maximum absolute atomic E-state index is 13.5. The Bertz CT molecular complexity index is 792. The molecule has 1 unspecified atom stereocenters. The summed E-state index contributed by atoms with van der Waals surface area (Å²) in [5.41, 5.74) is 0.733. The molecule has 8 heteroatoms. The minimum Gasteiger partial charge on any atom is -0.371 e. The molecule has 1 aliphatic rings. The summed E-state index contributed by atoms with van der Waals surface area (Å²) >= 11 is 1.65. The first kappa shape index (κ1) is 19.5. The summed E-state index contributed by atoms with van der Waals surface area (Å²) in [4.78, 5) is 12.2. The average Bonchev–Trinajstić information content (AvgIpc) is 3.29. The summed E-state index contributed by atoms with van der Waals surface area (Å²) in [6, 6.07) is 4.09. The first-order valence-electron chi connectivity index (χ1n) is 9.18. The Hall–Kier alpha value is -2.22. The van der Waals surface area contributed by atoms with Crippen LogP contribution in [0.25, 0.3) is 0 Å². The van der Waals surface area contributed by atoms with E-state index in [1.54, 1.807) is 17.4 Å². The van der Waals surface area contributed by atoms with E-state index in [1.807, 2.05) is 20.0 Å². The van der Waals surface area contributed by atoms with Gasteiger partial charge in [-0.15, -0.1) is 11.3 Å². The summed E-state index contributed by atoms with van der Waals surface area (Å²) in [5.74, 6) is -0.410. The number of aliphatic imine (C=N–C) groups is 1. The number of guanidine groups is 1. The maximum atomic E-state index is 13.5. The van der Waals surface area contributed by atoms with Crippen molar-refractivity contribution in [3.63, 3.8) is 0 Å². The van der Waals surface area contributed by atoms with Crippen molar-refractivity contribution in [1.29, 1.82) is 0 Å². The number of aromatic nitrogens is 1. The number of hydrogen-bond acceptors (Lipinski definition) is 4. The zero-order chi connectivity index (χ0) is 19.2. The zero-order valence-corrected chi connectivity index (χ0v) is 16.5. The molecule has 2 aromatic rings. The highest BCUT2D eigenvalue weighted by molar-refractivity contribution is 7.11. The quantitative estimate of drug-likeness (QED) is 0.584. The first-order valence-corrected chi connectivity index (χ1v) is 10.00. The lowest BCUT2D eigenvalue weighted by Gasteiger charge is -2.19. The SMILES string of the molecule is CCNC(=NCc1ncc(C)s1)NCC1CCN(c2ccc(F)c(F)c2)C1. The van der Waals surface area contributed by atoms with Crippen LogP contribution in [0.5, 0.6) is 0 Å². The van der Waals surface area contributed by atoms with Gasteiger partial charge in [0.15, 0.2) is 17.6 Å². The molecule has 0 saturated carbocycles. The van der Waals surface area contributed by atoms with Crippen LogP contribution in [0.15, 0.2) is 29.4 Å². The lowest BCUT2D eigenvalue weighted by atomic mass is 10.1. The van der Waals surface area contributed by atoms with E-state index in [-0.39, 0.29) is 0 Å². The van der Waals surface area contributed by atoms with Crippen LogP contribution >= 0.6 is 11.3 Å². The molecule has 27 heavy (non-hydrogen) atoms. The molecule has 1 saturated heterocycles. The van der Waals surface area contributed by atoms with E-state index in [1.165, 1.54) is 17.0 Å². The number of nitrogens with one attached hydrogen (secondary N) is 2. The molecule has 0 spiro atoms. The van der Waals surface area contributed by atoms with Crippen LogP contribution in [0.3, 0.4) is 0 Å². The van der Waals surface area contributed by atoms with Crippen LogP contribution in [-0.2, 0) is 6.54 Å². The fourth-order valence-electron chi connectivity index (χ4n) is 3.12. The average molecular weight is 394 g/mol. The van der Waals surface area contributed by atoms with Gasteiger partial charge in [-0.25, -0.2) is 18.8 Å². The molecule has 146 valence electrons. The maximum Gasteiger partial charge on any atom is 0.191 e. The normalized spacial score (nSPS) is 17.4. The number of hydrogen-bond donors (Lipinski definition) is 2. The van der Waals surface area contributed by atoms with Gasteiger partial charge in [0.2, 0.25) is 0 Å². The van der Waals surface area contributed by atoms with Gasteiger partial charge in [0.1, 0.15) is 5.01 Å². The van der Waals surface area contributed by atoms with Gasteiger partial charge in [0.05, 0.1) is 6.54 Å². The van der Waals surface area contributed by atoms with Gasteiger partial charge in [-0.1, -0.05) is 0 Å². The standard InChI is InChI=1S/C19H25F2N5S/c1-3-22-19(25-11-18-23-9-13(2)27-18)24-10-14-6-7-26(12-14)15-4-5-16(20)17(21)8-15/h4-5,8-9,14H,3,6-7,10-12H2,1-2H3,(H2,22,24,25). The zero-order valence-electron chi connectivity index (χ0n) is 15.6. The highest BCUT2D eigenvalue weighted by atomic mass is 32.1. The molecule has 1 atom stereocenters. The minimum absolute atomic E-state index is 0.420. The Labute approximate surface area is 162 Å². The van der Waals surface area contributed by atoms with Crippen LogP contribution in [0.4, 0.5) is 14.5 Å². The van der Waals surface area contributed by atoms with Crippen molar-refractivity contribution in [3.8, 4) is 0 Å². The molecule has 1 aromatic heterocycles. The molecular formula is C19H25F2N5S. The third kappa shape index (κ3) is 5.38. The predicted octanol–water partition coefficient (Wildman–Crippen LogP) is 3.31. The number of benzene rings is 1. The van der Waals surface area contributed by atoms with Crippen molar-refractivity contribution in [1.82, 2.24) is 15.6 Å². The van der Waals surface area contributed by atoms with Crippen LogP contribution in [0, 0.1) is 24.5 Å². The topological polar surface area (TPSA) is 52.6 Å². The summed E-state index contributed by atoms with van der Waals surface area (Å²) in [6.07, 6.45) is 2.86. The fourth-order valence-corrected chi connectivity index (χ4v) is 3.83. The summed E-state index contributed by atoms with van der Waals surface area (Å²) in [6.45, 7) is 7.84. The van der Waals surface area contributed by atoms with Gasteiger partial charge >= 0.3 is 0 Å². The van der Waals surface area contributed by atoms with E-state index < -0.39 is 11.6 Å². The van der Waals surface area contributed by atoms with E-state index >= 15 is 0 Å². The third-order valence-electron chi connectivity index (χ3n) is 4.50. The lowest BCUT2D eigenvalue weighted by molar-refractivity contribution is 0.508. The Kier molecular flexibility index (Phi) is 6.60. The van der Waals surface area contributed by atoms with Crippen LogP contribution in [0.1, 0.15) is 23.2 Å². The Morgan fingerprint density at radius 3 is 2.89 bits per heavy atom. The van der Waals surface area contributed by atoms with E-state index in [2.05, 4.69) is 25.5 Å². The molecule has 1 fully saturated rings. The van der Waals surface area contributed by atoms with E-state index in [9.17, 15) is 8.78 Å². The molecule has 1 aliphatic heterocycles. The summed E-state index contributed by atoms with van der Waals surface area (Å²) in [5, 5.41) is 7.63. The molecule has 2 heterocycles. The Morgan fingerprint density at radius 2 is 2.19 bits per heavy atom. The molecule has 5 nitrogen and oxygen atoms in total. The molecule has 0 aliphatic carbocycles. The van der Waals surface area contributed by atoms with Gasteiger partial charge < -0.3 is 15.5 Å². The first-order chi connectivity index (χ1) is 13.0. The van der Waals surface area contributed by atoms with Crippen molar-refractivity contribution in [3.05, 3.63) is 45.9 Å². The van der Waals surface area contributed by atoms with E-state index in [0.717, 1.165) is 49.3 Å². The van der Waals surface area contributed by atoms with Crippen molar-refractivity contribution >= 4 is 23.0 Å². The van der Waals surface area contributed by atoms with Crippen molar-refractivity contribution in [2.24, 2.45) is 10.9 Å². The smallest absolute Gasteiger partial charge is 0.191 e. The number of aryl methyl sites for hydroxylation is 1. The Balaban J connectivity index is 1.52. The summed E-state index contributed by atoms with van der Waals surface area (Å²) in [7, 11) is 0. The molecule has 0 bridgehead atoms. The van der Waals surface area contributed by atoms with Crippen LogP contribution < -0.4 is 15.5 Å². The van der Waals surface area contributed by atoms with Gasteiger partial charge in [-0.2, -0.15) is 0 Å². The number of nitrogens with zero attached hydrogens (tertiary/aromatic N) is 3. The van der Waals surface area contributed by atoms with Gasteiger partial charge in [-0.05, 0) is 38.3 Å². The van der Waals surface area contributed by atoms with Crippen molar-refractivity contribution in [2.75, 3.05) is 31.1 Å². The van der Waals surface area contributed by atoms with E-state index in [0.29, 0.717) is 12.5 Å². The third-order valence-corrected chi connectivity index (χ3v) is 5.40. The van der Waals surface area contributed by atoms with Crippen LogP contribution in [-0.4, -0.2) is 37.1 Å². The number of halogens is 2. The second-order valence-corrected chi connectivity index (χ2v) is 7.96. The predicted molar refractivity (Wildman–Crippen MR) is 106 cm³/mol. The molecule has 3 rings (SSSR count). The Morgan fingerprint density at radius 1 is 1.33 bits per heavy atom. The second-order valence-electron chi connectivity index (χ2n) is 6.64. The van der Waals surface area contributed by atoms with Crippen molar-refractivity contribution in [2.45, 2.75) is 26.8 Å². The van der Waals surface area contributed by atoms with Gasteiger partial charge in [-0.3, -0.25) is 0 Å². The fraction of sp³-hybridized carbons (Fsp3) is 0.474. The molecule has 1 aromatic carbocycles. The molecule has 0 amide bonds. The number of anilines is 1. The molecule has 0 radical (unpaired) electrons. The van der Waals surface area contributed by atoms with Crippen molar-refractivity contribution < 1.29 is 8.78 Å². The highest BCUT2D eigenvalue weighted by Crippen LogP contribution is 2.25. The second kappa shape index (κ2) is 9.12. The minimum atomic E-state index is -0.807. The monoisotopic (exact) mass is 393 g/mol. The van der Waals surface area contributed by atoms with E-state index in [4.69, 9.17) is 0 Å². The van der Waals surface area contributed by atoms with Gasteiger partial charge in [0, 0.05) is 49.0 Å². The largest absolute Gasteiger partial charge is 0.371 e. The van der Waals surface area contributed by atoms with Crippen LogP contribution in [0.2, 0.25) is 0 Å². The number of thiazole rings is 1. The summed E-state index contributed by atoms with van der Waals surface area (Å²) < 4.78 is 26.6. The van der Waals surface area contributed by atoms with Gasteiger partial charge in [0.25, 0.3) is 0 Å². The highest BCUT2D eigenvalue weighted by Gasteiger charge is 2.23.